The summed E-state index contributed by atoms with van der Waals surface area (Å²) in [5, 5.41) is 0. The third-order valence-corrected chi connectivity index (χ3v) is 5.88. The van der Waals surface area contributed by atoms with Gasteiger partial charge in [0.1, 0.15) is 11.7 Å². The van der Waals surface area contributed by atoms with E-state index < -0.39 is 0 Å². The van der Waals surface area contributed by atoms with Crippen LogP contribution < -0.4 is 0 Å². The van der Waals surface area contributed by atoms with E-state index in [1.165, 1.54) is 7.11 Å². The summed E-state index contributed by atoms with van der Waals surface area (Å²) in [7, 11) is 3.22. The van der Waals surface area contributed by atoms with E-state index >= 15 is 0 Å². The van der Waals surface area contributed by atoms with Gasteiger partial charge in [-0.25, -0.2) is 4.98 Å². The van der Waals surface area contributed by atoms with Crippen molar-refractivity contribution in [2.75, 3.05) is 20.7 Å². The fourth-order valence-electron chi connectivity index (χ4n) is 4.25. The second-order valence-corrected chi connectivity index (χ2v) is 7.99. The van der Waals surface area contributed by atoms with Crippen LogP contribution in [-0.4, -0.2) is 57.8 Å². The largest absolute Gasteiger partial charge is 0.468 e. The molecule has 0 spiro atoms. The summed E-state index contributed by atoms with van der Waals surface area (Å²) >= 11 is 0. The number of amides is 1. The SMILES string of the molecule is COC(=O)C1CCCCN1Cc1c(C(=O)N(C)Cc2ccccc2)nc2ccccn12. The number of methoxy groups -OCH3 is 1. The van der Waals surface area contributed by atoms with Crippen molar-refractivity contribution in [2.24, 2.45) is 0 Å². The van der Waals surface area contributed by atoms with Crippen molar-refractivity contribution in [3.63, 3.8) is 0 Å². The molecule has 7 nitrogen and oxygen atoms in total. The van der Waals surface area contributed by atoms with Crippen molar-refractivity contribution < 1.29 is 14.3 Å². The van der Waals surface area contributed by atoms with E-state index in [2.05, 4.69) is 9.88 Å². The van der Waals surface area contributed by atoms with Crippen molar-refractivity contribution in [1.82, 2.24) is 19.2 Å². The smallest absolute Gasteiger partial charge is 0.323 e. The van der Waals surface area contributed by atoms with E-state index in [4.69, 9.17) is 4.74 Å². The Morgan fingerprint density at radius 1 is 1.13 bits per heavy atom. The number of carbonyl (C=O) groups excluding carboxylic acids is 2. The lowest BCUT2D eigenvalue weighted by Gasteiger charge is -2.33. The fourth-order valence-corrected chi connectivity index (χ4v) is 4.25. The zero-order valence-corrected chi connectivity index (χ0v) is 18.0. The molecule has 162 valence electrons. The summed E-state index contributed by atoms with van der Waals surface area (Å²) in [5.41, 5.74) is 3.01. The molecule has 1 fully saturated rings. The summed E-state index contributed by atoms with van der Waals surface area (Å²) in [4.78, 5) is 34.2. The van der Waals surface area contributed by atoms with Gasteiger partial charge in [-0.15, -0.1) is 0 Å². The van der Waals surface area contributed by atoms with Crippen molar-refractivity contribution in [3.05, 3.63) is 71.7 Å². The highest BCUT2D eigenvalue weighted by Gasteiger charge is 2.32. The molecule has 1 aromatic carbocycles. The molecule has 1 unspecified atom stereocenters. The first-order valence-corrected chi connectivity index (χ1v) is 10.7. The third-order valence-electron chi connectivity index (χ3n) is 5.88. The lowest BCUT2D eigenvalue weighted by atomic mass is 10.0. The molecular weight excluding hydrogens is 392 g/mol. The van der Waals surface area contributed by atoms with Gasteiger partial charge in [0.2, 0.25) is 0 Å². The Balaban J connectivity index is 1.65. The van der Waals surface area contributed by atoms with Gasteiger partial charge in [-0.2, -0.15) is 0 Å². The molecule has 0 bridgehead atoms. The fraction of sp³-hybridized carbons (Fsp3) is 0.375. The number of rotatable bonds is 6. The number of ether oxygens (including phenoxy) is 1. The number of aromatic nitrogens is 2. The number of hydrogen-bond acceptors (Lipinski definition) is 5. The minimum Gasteiger partial charge on any atom is -0.468 e. The second-order valence-electron chi connectivity index (χ2n) is 7.99. The molecule has 1 saturated heterocycles. The molecule has 4 rings (SSSR count). The first-order valence-electron chi connectivity index (χ1n) is 10.7. The van der Waals surface area contributed by atoms with Gasteiger partial charge in [-0.3, -0.25) is 14.5 Å². The second kappa shape index (κ2) is 9.31. The van der Waals surface area contributed by atoms with Gasteiger partial charge in [0.25, 0.3) is 5.91 Å². The van der Waals surface area contributed by atoms with Crippen LogP contribution in [0, 0.1) is 0 Å². The number of likely N-dealkylation sites (tertiary alicyclic amines) is 1. The average Bonchev–Trinajstić information content (AvgIpc) is 3.17. The first kappa shape index (κ1) is 21.1. The molecule has 1 aliphatic rings. The molecule has 0 aliphatic carbocycles. The Morgan fingerprint density at radius 2 is 1.90 bits per heavy atom. The lowest BCUT2D eigenvalue weighted by Crippen LogP contribution is -2.45. The van der Waals surface area contributed by atoms with Gasteiger partial charge < -0.3 is 14.0 Å². The van der Waals surface area contributed by atoms with Crippen LogP contribution in [0.5, 0.6) is 0 Å². The van der Waals surface area contributed by atoms with Crippen LogP contribution in [0.4, 0.5) is 0 Å². The van der Waals surface area contributed by atoms with Gasteiger partial charge in [-0.05, 0) is 37.1 Å². The van der Waals surface area contributed by atoms with E-state index in [0.29, 0.717) is 18.8 Å². The summed E-state index contributed by atoms with van der Waals surface area (Å²) in [6.07, 6.45) is 4.69. The Bertz CT molecular complexity index is 1060. The standard InChI is InChI=1S/C24H28N4O3/c1-26(16-18-10-4-3-5-11-18)23(29)22-20(28-15-9-7-13-21(28)25-22)17-27-14-8-6-12-19(27)24(30)31-2/h3-5,7,9-11,13,15,19H,6,8,12,14,16-17H2,1-2H3. The lowest BCUT2D eigenvalue weighted by molar-refractivity contribution is -0.148. The number of fused-ring (bicyclic) bond motifs is 1. The van der Waals surface area contributed by atoms with E-state index in [9.17, 15) is 9.59 Å². The van der Waals surface area contributed by atoms with Gasteiger partial charge in [0.15, 0.2) is 5.69 Å². The Hall–Kier alpha value is -3.19. The van der Waals surface area contributed by atoms with Crippen LogP contribution in [0.2, 0.25) is 0 Å². The number of piperidine rings is 1. The maximum absolute atomic E-state index is 13.4. The minimum absolute atomic E-state index is 0.130. The first-order chi connectivity index (χ1) is 15.1. The van der Waals surface area contributed by atoms with E-state index in [0.717, 1.165) is 42.7 Å². The third kappa shape index (κ3) is 4.46. The number of esters is 1. The zero-order valence-electron chi connectivity index (χ0n) is 18.0. The minimum atomic E-state index is -0.294. The number of benzene rings is 1. The number of pyridine rings is 1. The topological polar surface area (TPSA) is 67.2 Å². The monoisotopic (exact) mass is 420 g/mol. The number of carbonyl (C=O) groups is 2. The molecule has 0 saturated carbocycles. The molecule has 7 heteroatoms. The van der Waals surface area contributed by atoms with Crippen molar-refractivity contribution in [3.8, 4) is 0 Å². The molecule has 3 aromatic rings. The van der Waals surface area contributed by atoms with Crippen LogP contribution in [0.15, 0.2) is 54.7 Å². The molecule has 31 heavy (non-hydrogen) atoms. The van der Waals surface area contributed by atoms with Crippen molar-refractivity contribution in [2.45, 2.75) is 38.4 Å². The van der Waals surface area contributed by atoms with Crippen molar-refractivity contribution in [1.29, 1.82) is 0 Å². The molecule has 1 aliphatic heterocycles. The van der Waals surface area contributed by atoms with Gasteiger partial charge >= 0.3 is 5.97 Å². The van der Waals surface area contributed by atoms with Crippen LogP contribution in [0.25, 0.3) is 5.65 Å². The molecule has 1 amide bonds. The molecule has 3 heterocycles. The predicted octanol–water partition coefficient (Wildman–Crippen LogP) is 3.13. The van der Waals surface area contributed by atoms with E-state index in [-0.39, 0.29) is 17.9 Å². The number of imidazole rings is 1. The Labute approximate surface area is 182 Å². The Morgan fingerprint density at radius 3 is 2.68 bits per heavy atom. The summed E-state index contributed by atoms with van der Waals surface area (Å²) in [6.45, 7) is 1.75. The van der Waals surface area contributed by atoms with Gasteiger partial charge in [-0.1, -0.05) is 42.8 Å². The maximum atomic E-state index is 13.4. The number of nitrogens with zero attached hydrogens (tertiary/aromatic N) is 4. The average molecular weight is 421 g/mol. The molecule has 1 atom stereocenters. The quantitative estimate of drug-likeness (QED) is 0.573. The maximum Gasteiger partial charge on any atom is 0.323 e. The summed E-state index contributed by atoms with van der Waals surface area (Å²) in [5.74, 6) is -0.350. The van der Waals surface area contributed by atoms with Crippen LogP contribution >= 0.6 is 0 Å². The highest BCUT2D eigenvalue weighted by Crippen LogP contribution is 2.24. The molecule has 2 aromatic heterocycles. The highest BCUT2D eigenvalue weighted by atomic mass is 16.5. The number of hydrogen-bond donors (Lipinski definition) is 0. The van der Waals surface area contributed by atoms with Gasteiger partial charge in [0, 0.05) is 26.3 Å². The normalized spacial score (nSPS) is 16.9. The Kier molecular flexibility index (Phi) is 6.32. The van der Waals surface area contributed by atoms with Crippen LogP contribution in [0.1, 0.15) is 41.0 Å². The van der Waals surface area contributed by atoms with Crippen LogP contribution in [0.3, 0.4) is 0 Å². The molecule has 0 N–H and O–H groups in total. The van der Waals surface area contributed by atoms with Crippen molar-refractivity contribution >= 4 is 17.5 Å². The van der Waals surface area contributed by atoms with Crippen LogP contribution in [-0.2, 0) is 22.6 Å². The van der Waals surface area contributed by atoms with Gasteiger partial charge in [0.05, 0.1) is 12.8 Å². The molecule has 0 radical (unpaired) electrons. The predicted molar refractivity (Wildman–Crippen MR) is 117 cm³/mol. The summed E-state index contributed by atoms with van der Waals surface area (Å²) in [6, 6.07) is 15.3. The van der Waals surface area contributed by atoms with E-state index in [1.807, 2.05) is 59.1 Å². The zero-order chi connectivity index (χ0) is 21.8. The summed E-state index contributed by atoms with van der Waals surface area (Å²) < 4.78 is 6.98. The van der Waals surface area contributed by atoms with E-state index in [1.54, 1.807) is 11.9 Å². The highest BCUT2D eigenvalue weighted by molar-refractivity contribution is 5.94. The molecular formula is C24H28N4O3.